The smallest absolute Gasteiger partial charge is 0.329 e. The summed E-state index contributed by atoms with van der Waals surface area (Å²) in [7, 11) is 0. The number of hydrogen-bond donors (Lipinski definition) is 3. The molecule has 3 N–H and O–H groups in total. The van der Waals surface area contributed by atoms with Gasteiger partial charge in [-0.2, -0.15) is 0 Å². The topological polar surface area (TPSA) is 87.0 Å². The first-order chi connectivity index (χ1) is 10.9. The third-order valence-corrected chi connectivity index (χ3v) is 5.30. The molecule has 0 saturated heterocycles. The van der Waals surface area contributed by atoms with E-state index in [0.717, 1.165) is 32.1 Å². The lowest BCUT2D eigenvalue weighted by molar-refractivity contribution is -0.142. The summed E-state index contributed by atoms with van der Waals surface area (Å²) >= 11 is 0. The fourth-order valence-corrected chi connectivity index (χ4v) is 4.28. The van der Waals surface area contributed by atoms with Crippen LogP contribution in [0, 0.1) is 29.6 Å². The Morgan fingerprint density at radius 1 is 1.26 bits per heavy atom. The Morgan fingerprint density at radius 3 is 2.65 bits per heavy atom. The van der Waals surface area contributed by atoms with Crippen molar-refractivity contribution < 1.29 is 24.9 Å². The van der Waals surface area contributed by atoms with Crippen LogP contribution in [0.25, 0.3) is 0 Å². The highest BCUT2D eigenvalue weighted by molar-refractivity contribution is 5.67. The van der Waals surface area contributed by atoms with Gasteiger partial charge >= 0.3 is 5.97 Å². The maximum absolute atomic E-state index is 10.4. The van der Waals surface area contributed by atoms with E-state index in [2.05, 4.69) is 13.8 Å². The molecular weight excluding hydrogens is 296 g/mol. The minimum atomic E-state index is -0.934. The molecule has 0 aliphatic heterocycles. The second-order valence-corrected chi connectivity index (χ2v) is 7.58. The van der Waals surface area contributed by atoms with Gasteiger partial charge in [0.15, 0.2) is 0 Å². The Labute approximate surface area is 138 Å². The molecule has 0 radical (unpaired) electrons. The van der Waals surface area contributed by atoms with Gasteiger partial charge in [-0.3, -0.25) is 0 Å². The SMILES string of the molecule is CC(C)CC=C(O)[C@@H]1[C@@H]2C[C@H](CCOCC(=O)O)C[C@@H]2C[C@H]1O. The molecule has 23 heavy (non-hydrogen) atoms. The molecule has 0 aromatic heterocycles. The van der Waals surface area contributed by atoms with E-state index in [9.17, 15) is 15.0 Å². The number of rotatable bonds is 8. The fourth-order valence-electron chi connectivity index (χ4n) is 4.28. The Morgan fingerprint density at radius 2 is 2.00 bits per heavy atom. The number of hydrogen-bond acceptors (Lipinski definition) is 4. The number of aliphatic carboxylic acids is 1. The van der Waals surface area contributed by atoms with E-state index in [-0.39, 0.29) is 12.5 Å². The molecule has 2 aliphatic carbocycles. The normalized spacial score (nSPS) is 34.1. The Bertz CT molecular complexity index is 431. The van der Waals surface area contributed by atoms with Crippen LogP contribution < -0.4 is 0 Å². The summed E-state index contributed by atoms with van der Waals surface area (Å²) in [5.41, 5.74) is 0. The number of ether oxygens (including phenoxy) is 1. The van der Waals surface area contributed by atoms with Gasteiger partial charge in [-0.25, -0.2) is 4.79 Å². The Hall–Kier alpha value is -1.07. The highest BCUT2D eigenvalue weighted by Gasteiger charge is 2.49. The predicted octanol–water partition coefficient (Wildman–Crippen LogP) is 2.99. The van der Waals surface area contributed by atoms with Crippen molar-refractivity contribution in [3.05, 3.63) is 11.8 Å². The number of carbonyl (C=O) groups is 1. The predicted molar refractivity (Wildman–Crippen MR) is 87.1 cm³/mol. The molecule has 5 nitrogen and oxygen atoms in total. The molecule has 0 bridgehead atoms. The van der Waals surface area contributed by atoms with Crippen LogP contribution >= 0.6 is 0 Å². The first-order valence-electron chi connectivity index (χ1n) is 8.75. The van der Waals surface area contributed by atoms with Crippen LogP contribution in [0.2, 0.25) is 0 Å². The zero-order chi connectivity index (χ0) is 17.0. The van der Waals surface area contributed by atoms with Crippen molar-refractivity contribution in [2.24, 2.45) is 29.6 Å². The van der Waals surface area contributed by atoms with Crippen LogP contribution in [0.4, 0.5) is 0 Å². The summed E-state index contributed by atoms with van der Waals surface area (Å²) in [6, 6.07) is 0. The quantitative estimate of drug-likeness (QED) is 0.471. The van der Waals surface area contributed by atoms with Crippen molar-refractivity contribution in [1.82, 2.24) is 0 Å². The second-order valence-electron chi connectivity index (χ2n) is 7.58. The van der Waals surface area contributed by atoms with Gasteiger partial charge in [-0.15, -0.1) is 0 Å². The number of allylic oxidation sites excluding steroid dienone is 1. The van der Waals surface area contributed by atoms with Gasteiger partial charge in [0.1, 0.15) is 6.61 Å². The first kappa shape index (κ1) is 18.3. The van der Waals surface area contributed by atoms with Crippen molar-refractivity contribution >= 4 is 5.97 Å². The van der Waals surface area contributed by atoms with Crippen LogP contribution in [0.5, 0.6) is 0 Å². The fraction of sp³-hybridized carbons (Fsp3) is 0.833. The van der Waals surface area contributed by atoms with E-state index in [1.165, 1.54) is 0 Å². The summed E-state index contributed by atoms with van der Waals surface area (Å²) in [4.78, 5) is 10.4. The lowest BCUT2D eigenvalue weighted by Gasteiger charge is -2.22. The van der Waals surface area contributed by atoms with Crippen molar-refractivity contribution in [1.29, 1.82) is 0 Å². The van der Waals surface area contributed by atoms with E-state index in [1.54, 1.807) is 0 Å². The summed E-state index contributed by atoms with van der Waals surface area (Å²) in [6.07, 6.45) is 5.94. The van der Waals surface area contributed by atoms with Crippen molar-refractivity contribution in [2.45, 2.75) is 52.1 Å². The average molecular weight is 326 g/mol. The summed E-state index contributed by atoms with van der Waals surface area (Å²) in [5.74, 6) is 1.12. The third kappa shape index (κ3) is 4.95. The Kier molecular flexibility index (Phi) is 6.48. The second kappa shape index (κ2) is 8.15. The van der Waals surface area contributed by atoms with Crippen molar-refractivity contribution in [3.63, 3.8) is 0 Å². The third-order valence-electron chi connectivity index (χ3n) is 5.30. The first-order valence-corrected chi connectivity index (χ1v) is 8.75. The maximum Gasteiger partial charge on any atom is 0.329 e. The lowest BCUT2D eigenvalue weighted by Crippen LogP contribution is -2.22. The van der Waals surface area contributed by atoms with Gasteiger partial charge in [-0.05, 0) is 61.9 Å². The molecule has 2 aliphatic rings. The van der Waals surface area contributed by atoms with E-state index in [0.29, 0.717) is 36.0 Å². The van der Waals surface area contributed by atoms with Gasteiger partial charge in [0.05, 0.1) is 11.9 Å². The number of aliphatic hydroxyl groups excluding tert-OH is 2. The molecule has 0 amide bonds. The summed E-state index contributed by atoms with van der Waals surface area (Å²) in [6.45, 7) is 4.46. The molecule has 2 rings (SSSR count). The van der Waals surface area contributed by atoms with E-state index >= 15 is 0 Å². The molecule has 132 valence electrons. The minimum absolute atomic E-state index is 0.122. The molecule has 2 saturated carbocycles. The zero-order valence-electron chi connectivity index (χ0n) is 14.1. The van der Waals surface area contributed by atoms with Gasteiger partial charge in [-0.1, -0.05) is 13.8 Å². The van der Waals surface area contributed by atoms with Gasteiger partial charge in [0.25, 0.3) is 0 Å². The van der Waals surface area contributed by atoms with Crippen LogP contribution in [0.15, 0.2) is 11.8 Å². The van der Waals surface area contributed by atoms with Gasteiger partial charge in [0, 0.05) is 12.5 Å². The highest BCUT2D eigenvalue weighted by atomic mass is 16.5. The zero-order valence-corrected chi connectivity index (χ0v) is 14.1. The molecule has 0 heterocycles. The standard InChI is InChI=1S/C18H30O5/c1-11(2)3-4-15(19)18-14-8-12(5-6-23-10-17(21)22)7-13(14)9-16(18)20/h4,11-14,16,18-20H,3,5-10H2,1-2H3,(H,21,22)/t12-,13-,14-,16-,18+/m1/s1. The molecule has 5 atom stereocenters. The van der Waals surface area contributed by atoms with E-state index < -0.39 is 12.1 Å². The van der Waals surface area contributed by atoms with Crippen molar-refractivity contribution in [2.75, 3.05) is 13.2 Å². The summed E-state index contributed by atoms with van der Waals surface area (Å²) < 4.78 is 5.13. The largest absolute Gasteiger partial charge is 0.512 e. The van der Waals surface area contributed by atoms with Crippen LogP contribution in [0.1, 0.15) is 46.0 Å². The Balaban J connectivity index is 1.85. The van der Waals surface area contributed by atoms with E-state index in [4.69, 9.17) is 9.84 Å². The molecule has 0 spiro atoms. The maximum atomic E-state index is 10.4. The molecular formula is C18H30O5. The molecule has 0 aromatic rings. The molecule has 0 unspecified atom stereocenters. The summed E-state index contributed by atoms with van der Waals surface area (Å²) in [5, 5.41) is 29.3. The van der Waals surface area contributed by atoms with Gasteiger partial charge in [0.2, 0.25) is 0 Å². The average Bonchev–Trinajstić information content (AvgIpc) is 2.96. The number of fused-ring (bicyclic) bond motifs is 1. The number of carboxylic acid groups (broad SMARTS) is 1. The molecule has 2 fully saturated rings. The monoisotopic (exact) mass is 326 g/mol. The molecule has 5 heteroatoms. The van der Waals surface area contributed by atoms with Crippen molar-refractivity contribution in [3.8, 4) is 0 Å². The number of carboxylic acids is 1. The minimum Gasteiger partial charge on any atom is -0.512 e. The van der Waals surface area contributed by atoms with Crippen LogP contribution in [0.3, 0.4) is 0 Å². The van der Waals surface area contributed by atoms with Gasteiger partial charge < -0.3 is 20.1 Å². The van der Waals surface area contributed by atoms with Crippen LogP contribution in [-0.4, -0.2) is 40.6 Å². The highest BCUT2D eigenvalue weighted by Crippen LogP contribution is 2.52. The lowest BCUT2D eigenvalue weighted by atomic mass is 9.88. The number of aliphatic hydroxyl groups is 2. The van der Waals surface area contributed by atoms with E-state index in [1.807, 2.05) is 6.08 Å². The van der Waals surface area contributed by atoms with Crippen LogP contribution in [-0.2, 0) is 9.53 Å². The molecule has 0 aromatic carbocycles.